The third kappa shape index (κ3) is 8.89. The fraction of sp³-hybridized carbons (Fsp3) is 1.00. The van der Waals surface area contributed by atoms with Gasteiger partial charge in [0, 0.05) is 13.1 Å². The van der Waals surface area contributed by atoms with E-state index < -0.39 is 28.8 Å². The number of halogens is 3. The molecule has 0 aromatic rings. The second-order valence-electron chi connectivity index (χ2n) is 3.28. The Kier molecular flexibility index (Phi) is 6.23. The maximum atomic E-state index is 11.8. The number of sulfonamides is 1. The summed E-state index contributed by atoms with van der Waals surface area (Å²) in [5, 5.41) is 10.9. The maximum Gasteiger partial charge on any atom is 0.415 e. The van der Waals surface area contributed by atoms with E-state index in [2.05, 4.69) is 10.0 Å². The minimum atomic E-state index is -4.63. The number of rotatable bonds is 7. The quantitative estimate of drug-likeness (QED) is 0.539. The Bertz CT molecular complexity index is 292. The number of alkyl halides is 3. The fourth-order valence-corrected chi connectivity index (χ4v) is 1.34. The predicted octanol–water partition coefficient (Wildman–Crippen LogP) is -0.561. The lowest BCUT2D eigenvalue weighted by Gasteiger charge is -2.14. The molecule has 0 aromatic heterocycles. The summed E-state index contributed by atoms with van der Waals surface area (Å²) in [6.07, 6.45) is -5.68. The Morgan fingerprint density at radius 2 is 1.88 bits per heavy atom. The monoisotopic (exact) mass is 264 g/mol. The minimum absolute atomic E-state index is 0.147. The molecule has 0 aromatic carbocycles. The number of hydrogen-bond acceptors (Lipinski definition) is 4. The van der Waals surface area contributed by atoms with Crippen molar-refractivity contribution >= 4 is 10.0 Å². The average Bonchev–Trinajstić information content (AvgIpc) is 2.07. The molecule has 0 heterocycles. The highest BCUT2D eigenvalue weighted by atomic mass is 32.2. The first-order chi connectivity index (χ1) is 7.13. The van der Waals surface area contributed by atoms with Crippen LogP contribution in [0.25, 0.3) is 0 Å². The molecule has 5 nitrogen and oxygen atoms in total. The lowest BCUT2D eigenvalue weighted by Crippen LogP contribution is -2.39. The highest BCUT2D eigenvalue weighted by molar-refractivity contribution is 7.88. The summed E-state index contributed by atoms with van der Waals surface area (Å²) in [4.78, 5) is 0. The molecule has 16 heavy (non-hydrogen) atoms. The SMILES string of the molecule is CS(=O)(=O)NCCCNCC(O)C(F)(F)F. The van der Waals surface area contributed by atoms with Crippen LogP contribution in [0.5, 0.6) is 0 Å². The fourth-order valence-electron chi connectivity index (χ4n) is 0.825. The molecule has 0 spiro atoms. The Balaban J connectivity index is 3.48. The molecule has 0 bridgehead atoms. The molecule has 0 fully saturated rings. The summed E-state index contributed by atoms with van der Waals surface area (Å²) in [6, 6.07) is 0. The van der Waals surface area contributed by atoms with Gasteiger partial charge in [-0.15, -0.1) is 0 Å². The van der Waals surface area contributed by atoms with Gasteiger partial charge < -0.3 is 10.4 Å². The van der Waals surface area contributed by atoms with Gasteiger partial charge in [-0.05, 0) is 13.0 Å². The van der Waals surface area contributed by atoms with Gasteiger partial charge in [0.05, 0.1) is 6.26 Å². The molecule has 0 saturated carbocycles. The van der Waals surface area contributed by atoms with Crippen LogP contribution in [0.1, 0.15) is 6.42 Å². The average molecular weight is 264 g/mol. The van der Waals surface area contributed by atoms with Crippen LogP contribution in [-0.2, 0) is 10.0 Å². The number of aliphatic hydroxyl groups is 1. The molecule has 0 aliphatic carbocycles. The van der Waals surface area contributed by atoms with Gasteiger partial charge >= 0.3 is 6.18 Å². The van der Waals surface area contributed by atoms with E-state index >= 15 is 0 Å². The van der Waals surface area contributed by atoms with Gasteiger partial charge in [0.2, 0.25) is 10.0 Å². The summed E-state index contributed by atoms with van der Waals surface area (Å²) in [5.74, 6) is 0. The Hall–Kier alpha value is -0.380. The smallest absolute Gasteiger partial charge is 0.382 e. The van der Waals surface area contributed by atoms with Crippen molar-refractivity contribution in [2.45, 2.75) is 18.7 Å². The third-order valence-corrected chi connectivity index (χ3v) is 2.34. The summed E-state index contributed by atoms with van der Waals surface area (Å²) < 4.78 is 58.8. The molecular formula is C7H15F3N2O3S. The van der Waals surface area contributed by atoms with Gasteiger partial charge in [-0.1, -0.05) is 0 Å². The van der Waals surface area contributed by atoms with Gasteiger partial charge in [0.25, 0.3) is 0 Å². The van der Waals surface area contributed by atoms with Gasteiger partial charge in [-0.25, -0.2) is 13.1 Å². The van der Waals surface area contributed by atoms with Crippen LogP contribution in [0, 0.1) is 0 Å². The molecule has 0 rings (SSSR count). The molecule has 0 radical (unpaired) electrons. The van der Waals surface area contributed by atoms with Crippen molar-refractivity contribution in [1.29, 1.82) is 0 Å². The van der Waals surface area contributed by atoms with E-state index in [4.69, 9.17) is 5.11 Å². The van der Waals surface area contributed by atoms with Crippen LogP contribution in [0.2, 0.25) is 0 Å². The lowest BCUT2D eigenvalue weighted by atomic mass is 10.3. The zero-order valence-corrected chi connectivity index (χ0v) is 9.53. The van der Waals surface area contributed by atoms with Crippen molar-refractivity contribution in [2.75, 3.05) is 25.9 Å². The molecule has 9 heteroatoms. The van der Waals surface area contributed by atoms with Crippen LogP contribution in [-0.4, -0.2) is 51.7 Å². The van der Waals surface area contributed by atoms with E-state index in [-0.39, 0.29) is 13.1 Å². The van der Waals surface area contributed by atoms with E-state index in [1.54, 1.807) is 0 Å². The van der Waals surface area contributed by atoms with Crippen molar-refractivity contribution in [3.8, 4) is 0 Å². The zero-order chi connectivity index (χ0) is 12.8. The second kappa shape index (κ2) is 6.38. The topological polar surface area (TPSA) is 78.4 Å². The van der Waals surface area contributed by atoms with E-state index in [0.29, 0.717) is 6.42 Å². The highest BCUT2D eigenvalue weighted by Gasteiger charge is 2.37. The molecule has 1 atom stereocenters. The second-order valence-corrected chi connectivity index (χ2v) is 5.11. The van der Waals surface area contributed by atoms with Gasteiger partial charge in [-0.3, -0.25) is 0 Å². The third-order valence-electron chi connectivity index (χ3n) is 1.61. The Morgan fingerprint density at radius 1 is 1.31 bits per heavy atom. The highest BCUT2D eigenvalue weighted by Crippen LogP contribution is 2.18. The van der Waals surface area contributed by atoms with Crippen LogP contribution in [0.3, 0.4) is 0 Å². The van der Waals surface area contributed by atoms with Crippen molar-refractivity contribution in [2.24, 2.45) is 0 Å². The first-order valence-corrected chi connectivity index (χ1v) is 6.42. The largest absolute Gasteiger partial charge is 0.415 e. The molecule has 0 aliphatic rings. The van der Waals surface area contributed by atoms with Gasteiger partial charge in [0.1, 0.15) is 0 Å². The van der Waals surface area contributed by atoms with E-state index in [1.165, 1.54) is 0 Å². The predicted molar refractivity (Wildman–Crippen MR) is 52.4 cm³/mol. The summed E-state index contributed by atoms with van der Waals surface area (Å²) >= 11 is 0. The molecule has 0 aliphatic heterocycles. The molecule has 1 unspecified atom stereocenters. The Labute approximate surface area is 92.1 Å². The van der Waals surface area contributed by atoms with Crippen LogP contribution in [0.4, 0.5) is 13.2 Å². The maximum absolute atomic E-state index is 11.8. The minimum Gasteiger partial charge on any atom is -0.382 e. The van der Waals surface area contributed by atoms with Crippen molar-refractivity contribution in [3.05, 3.63) is 0 Å². The van der Waals surface area contributed by atoms with E-state index in [0.717, 1.165) is 6.26 Å². The van der Waals surface area contributed by atoms with Gasteiger partial charge in [0.15, 0.2) is 6.10 Å². The number of aliphatic hydroxyl groups excluding tert-OH is 1. The number of nitrogens with one attached hydrogen (secondary N) is 2. The van der Waals surface area contributed by atoms with Crippen molar-refractivity contribution < 1.29 is 26.7 Å². The molecule has 3 N–H and O–H groups in total. The van der Waals surface area contributed by atoms with Gasteiger partial charge in [-0.2, -0.15) is 13.2 Å². The normalized spacial score (nSPS) is 15.1. The molecule has 0 amide bonds. The van der Waals surface area contributed by atoms with Crippen LogP contribution < -0.4 is 10.0 Å². The first kappa shape index (κ1) is 15.6. The zero-order valence-electron chi connectivity index (χ0n) is 8.71. The number of hydrogen-bond donors (Lipinski definition) is 3. The standard InChI is InChI=1S/C7H15F3N2O3S/c1-16(14,15)12-4-2-3-11-5-6(13)7(8,9)10/h6,11-13H,2-5H2,1H3. The summed E-state index contributed by atoms with van der Waals surface area (Å²) in [5.41, 5.74) is 0. The first-order valence-electron chi connectivity index (χ1n) is 4.53. The van der Waals surface area contributed by atoms with Crippen LogP contribution >= 0.6 is 0 Å². The van der Waals surface area contributed by atoms with E-state index in [9.17, 15) is 21.6 Å². The summed E-state index contributed by atoms with van der Waals surface area (Å²) in [6.45, 7) is -0.258. The Morgan fingerprint density at radius 3 is 2.31 bits per heavy atom. The lowest BCUT2D eigenvalue weighted by molar-refractivity contribution is -0.201. The molecule has 0 saturated heterocycles. The van der Waals surface area contributed by atoms with Crippen molar-refractivity contribution in [3.63, 3.8) is 0 Å². The molecular weight excluding hydrogens is 249 g/mol. The van der Waals surface area contributed by atoms with Crippen molar-refractivity contribution in [1.82, 2.24) is 10.0 Å². The summed E-state index contributed by atoms with van der Waals surface area (Å²) in [7, 11) is -3.26. The molecule has 98 valence electrons. The van der Waals surface area contributed by atoms with E-state index in [1.807, 2.05) is 0 Å². The van der Waals surface area contributed by atoms with Crippen LogP contribution in [0.15, 0.2) is 0 Å².